The molecule has 6 aromatic rings. The van der Waals surface area contributed by atoms with Crippen molar-refractivity contribution in [2.45, 2.75) is 86.5 Å². The van der Waals surface area contributed by atoms with E-state index in [1.54, 1.807) is 0 Å². The molecule has 3 atom stereocenters. The summed E-state index contributed by atoms with van der Waals surface area (Å²) in [6, 6.07) is 25.6. The Hall–Kier alpha value is -4.64. The van der Waals surface area contributed by atoms with E-state index in [0.717, 1.165) is 65.3 Å². The van der Waals surface area contributed by atoms with Crippen LogP contribution in [0.5, 0.6) is 11.5 Å². The van der Waals surface area contributed by atoms with Gasteiger partial charge in [-0.15, -0.1) is 0 Å². The number of rotatable bonds is 9. The monoisotopic (exact) mass is 636 g/mol. The summed E-state index contributed by atoms with van der Waals surface area (Å²) in [5.41, 5.74) is 11.1. The fourth-order valence-corrected chi connectivity index (χ4v) is 8.19. The summed E-state index contributed by atoms with van der Waals surface area (Å²) in [6.07, 6.45) is 9.82. The average molecular weight is 637 g/mol. The number of unbranched alkanes of at least 4 members (excludes halogenated alkanes) is 1. The van der Waals surface area contributed by atoms with Crippen LogP contribution < -0.4 is 4.74 Å². The van der Waals surface area contributed by atoms with E-state index in [4.69, 9.17) is 14.8 Å². The zero-order chi connectivity index (χ0) is 33.5. The summed E-state index contributed by atoms with van der Waals surface area (Å²) < 4.78 is 11.2. The van der Waals surface area contributed by atoms with Crippen molar-refractivity contribution in [3.05, 3.63) is 119 Å². The predicted octanol–water partition coefficient (Wildman–Crippen LogP) is 11.4. The highest BCUT2D eigenvalue weighted by Crippen LogP contribution is 2.44. The third-order valence-electron chi connectivity index (χ3n) is 10.2. The standard InChI is InChI=1S/C43H48N4O/c1-8-10-14-39-43(42-30(6)20-28(4)21-31(42)7)37(9-2)45-47(39)32-22-29(5)23-34(25-32)48-33-16-17-36-35-13-11-12-15-38(35)46(40(36)26-33)41-24-27(3)18-19-44-41/h11-13,15-20,22-26,28,31,42H,8-10,14,21H2,1-7H3/t28?,31-,42+/m0/s1. The number of hydrogen-bond donors (Lipinski definition) is 0. The molecule has 3 aromatic carbocycles. The summed E-state index contributed by atoms with van der Waals surface area (Å²) >= 11 is 0. The second-order valence-electron chi connectivity index (χ2n) is 14.1. The van der Waals surface area contributed by atoms with Gasteiger partial charge in [-0.1, -0.05) is 64.0 Å². The normalized spacial score (nSPS) is 18.1. The van der Waals surface area contributed by atoms with Crippen molar-refractivity contribution in [1.82, 2.24) is 19.3 Å². The Morgan fingerprint density at radius 1 is 0.833 bits per heavy atom. The van der Waals surface area contributed by atoms with Crippen LogP contribution in [0.3, 0.4) is 0 Å². The van der Waals surface area contributed by atoms with E-state index in [1.165, 1.54) is 45.3 Å². The SMILES string of the molecule is CCCCc1c([C@@H]2C(C)=CC(C)C[C@@H]2C)c(CC)nn1-c1cc(C)cc(Oc2ccc3c4ccccc4n(-c4cc(C)ccn4)c3c2)c1. The first kappa shape index (κ1) is 31.9. The Bertz CT molecular complexity index is 2150. The molecule has 7 rings (SSSR count). The summed E-state index contributed by atoms with van der Waals surface area (Å²) in [5, 5.41) is 7.73. The first-order valence-corrected chi connectivity index (χ1v) is 17.8. The minimum atomic E-state index is 0.415. The molecule has 1 aliphatic carbocycles. The second-order valence-corrected chi connectivity index (χ2v) is 14.1. The summed E-state index contributed by atoms with van der Waals surface area (Å²) in [6.45, 7) is 15.9. The molecule has 5 heteroatoms. The van der Waals surface area contributed by atoms with Crippen LogP contribution in [0.1, 0.15) is 87.9 Å². The van der Waals surface area contributed by atoms with Crippen molar-refractivity contribution in [3.8, 4) is 23.0 Å². The lowest BCUT2D eigenvalue weighted by Crippen LogP contribution is -2.21. The van der Waals surface area contributed by atoms with E-state index in [9.17, 15) is 0 Å². The average Bonchev–Trinajstić information content (AvgIpc) is 3.58. The number of allylic oxidation sites excluding steroid dienone is 2. The Morgan fingerprint density at radius 2 is 1.65 bits per heavy atom. The van der Waals surface area contributed by atoms with Gasteiger partial charge in [-0.3, -0.25) is 4.57 Å². The minimum absolute atomic E-state index is 0.415. The fourth-order valence-electron chi connectivity index (χ4n) is 8.19. The number of aromatic nitrogens is 4. The summed E-state index contributed by atoms with van der Waals surface area (Å²) in [5.74, 6) is 4.14. The molecule has 1 unspecified atom stereocenters. The molecular weight excluding hydrogens is 589 g/mol. The van der Waals surface area contributed by atoms with Gasteiger partial charge in [0.15, 0.2) is 0 Å². The van der Waals surface area contributed by atoms with Crippen LogP contribution in [-0.4, -0.2) is 19.3 Å². The van der Waals surface area contributed by atoms with Crippen LogP contribution in [-0.2, 0) is 12.8 Å². The maximum absolute atomic E-state index is 6.70. The molecule has 0 bridgehead atoms. The molecule has 0 saturated carbocycles. The molecule has 48 heavy (non-hydrogen) atoms. The number of nitrogens with zero attached hydrogens (tertiary/aromatic N) is 4. The molecule has 0 aliphatic heterocycles. The quantitative estimate of drug-likeness (QED) is 0.148. The van der Waals surface area contributed by atoms with Crippen LogP contribution in [0.4, 0.5) is 0 Å². The Balaban J connectivity index is 1.32. The van der Waals surface area contributed by atoms with Crippen molar-refractivity contribution in [1.29, 1.82) is 0 Å². The molecular formula is C43H48N4O. The number of aryl methyl sites for hydroxylation is 3. The Kier molecular flexibility index (Phi) is 8.72. The van der Waals surface area contributed by atoms with Crippen molar-refractivity contribution in [2.24, 2.45) is 11.8 Å². The maximum Gasteiger partial charge on any atom is 0.137 e. The first-order valence-electron chi connectivity index (χ1n) is 17.8. The number of benzene rings is 3. The fraction of sp³-hybridized carbons (Fsp3) is 0.349. The first-order chi connectivity index (χ1) is 23.2. The van der Waals surface area contributed by atoms with E-state index in [0.29, 0.717) is 17.8 Å². The van der Waals surface area contributed by atoms with Crippen LogP contribution in [0.15, 0.2) is 90.6 Å². The van der Waals surface area contributed by atoms with Gasteiger partial charge in [0.05, 0.1) is 22.4 Å². The highest BCUT2D eigenvalue weighted by molar-refractivity contribution is 6.09. The van der Waals surface area contributed by atoms with Gasteiger partial charge >= 0.3 is 0 Å². The van der Waals surface area contributed by atoms with Gasteiger partial charge in [-0.25, -0.2) is 9.67 Å². The zero-order valence-corrected chi connectivity index (χ0v) is 29.5. The van der Waals surface area contributed by atoms with Gasteiger partial charge in [-0.05, 0) is 112 Å². The predicted molar refractivity (Wildman–Crippen MR) is 199 cm³/mol. The number of ether oxygens (including phenoxy) is 1. The van der Waals surface area contributed by atoms with Crippen LogP contribution >= 0.6 is 0 Å². The minimum Gasteiger partial charge on any atom is -0.457 e. The number of pyridine rings is 1. The summed E-state index contributed by atoms with van der Waals surface area (Å²) in [7, 11) is 0. The van der Waals surface area contributed by atoms with Crippen molar-refractivity contribution in [2.75, 3.05) is 0 Å². The summed E-state index contributed by atoms with van der Waals surface area (Å²) in [4.78, 5) is 4.75. The van der Waals surface area contributed by atoms with E-state index in [-0.39, 0.29) is 0 Å². The molecule has 0 fully saturated rings. The smallest absolute Gasteiger partial charge is 0.137 e. The molecule has 3 aromatic heterocycles. The molecule has 5 nitrogen and oxygen atoms in total. The highest BCUT2D eigenvalue weighted by atomic mass is 16.5. The van der Waals surface area contributed by atoms with Gasteiger partial charge < -0.3 is 4.74 Å². The lowest BCUT2D eigenvalue weighted by molar-refractivity contribution is 0.389. The molecule has 1 aliphatic rings. The molecule has 246 valence electrons. The maximum atomic E-state index is 6.70. The lowest BCUT2D eigenvalue weighted by atomic mass is 9.72. The van der Waals surface area contributed by atoms with Gasteiger partial charge in [-0.2, -0.15) is 5.10 Å². The number of hydrogen-bond acceptors (Lipinski definition) is 3. The Labute approximate surface area is 285 Å². The van der Waals surface area contributed by atoms with E-state index in [2.05, 4.69) is 131 Å². The Morgan fingerprint density at radius 3 is 2.42 bits per heavy atom. The number of fused-ring (bicyclic) bond motifs is 3. The van der Waals surface area contributed by atoms with Crippen LogP contribution in [0.2, 0.25) is 0 Å². The highest BCUT2D eigenvalue weighted by Gasteiger charge is 2.33. The van der Waals surface area contributed by atoms with Gasteiger partial charge in [0, 0.05) is 46.3 Å². The third kappa shape index (κ3) is 5.85. The third-order valence-corrected chi connectivity index (χ3v) is 10.2. The van der Waals surface area contributed by atoms with Crippen molar-refractivity contribution < 1.29 is 4.74 Å². The molecule has 0 radical (unpaired) electrons. The number of para-hydroxylation sites is 1. The van der Waals surface area contributed by atoms with Gasteiger partial charge in [0.2, 0.25) is 0 Å². The largest absolute Gasteiger partial charge is 0.457 e. The van der Waals surface area contributed by atoms with Gasteiger partial charge in [0.25, 0.3) is 0 Å². The molecule has 0 amide bonds. The van der Waals surface area contributed by atoms with Crippen molar-refractivity contribution in [3.63, 3.8) is 0 Å². The van der Waals surface area contributed by atoms with Crippen LogP contribution in [0.25, 0.3) is 33.3 Å². The van der Waals surface area contributed by atoms with E-state index < -0.39 is 0 Å². The molecule has 0 saturated heterocycles. The molecule has 0 spiro atoms. The topological polar surface area (TPSA) is 44.9 Å². The van der Waals surface area contributed by atoms with E-state index >= 15 is 0 Å². The van der Waals surface area contributed by atoms with Gasteiger partial charge in [0.1, 0.15) is 17.3 Å². The van der Waals surface area contributed by atoms with Crippen LogP contribution in [0, 0.1) is 25.7 Å². The van der Waals surface area contributed by atoms with E-state index in [1.807, 2.05) is 12.3 Å². The molecule has 3 heterocycles. The zero-order valence-electron chi connectivity index (χ0n) is 29.5. The van der Waals surface area contributed by atoms with Crippen molar-refractivity contribution >= 4 is 21.8 Å². The molecule has 0 N–H and O–H groups in total. The second kappa shape index (κ2) is 13.1. The lowest BCUT2D eigenvalue weighted by Gasteiger charge is -2.33.